The Labute approximate surface area is 162 Å². The predicted octanol–water partition coefficient (Wildman–Crippen LogP) is 4.89. The maximum absolute atomic E-state index is 12.0. The van der Waals surface area contributed by atoms with Crippen molar-refractivity contribution in [2.45, 2.75) is 58.7 Å². The summed E-state index contributed by atoms with van der Waals surface area (Å²) in [6, 6.07) is 18.2. The van der Waals surface area contributed by atoms with Crippen molar-refractivity contribution in [2.75, 3.05) is 6.61 Å². The van der Waals surface area contributed by atoms with Gasteiger partial charge in [0, 0.05) is 25.0 Å². The lowest BCUT2D eigenvalue weighted by Crippen LogP contribution is -2.47. The minimum Gasteiger partial charge on any atom is -0.465 e. The summed E-state index contributed by atoms with van der Waals surface area (Å²) in [5.74, 6) is 0.306. The van der Waals surface area contributed by atoms with Gasteiger partial charge in [-0.2, -0.15) is 0 Å². The SMILES string of the molecule is CC(C)(C)C(=O)OCCC[C@H]1C2c3ccccc3CN1Cc1ccccc12. The fourth-order valence-corrected chi connectivity index (χ4v) is 4.51. The standard InChI is InChI=1S/C24H29NO2/c1-24(2,3)23(26)27-14-8-13-21-22-19-11-6-4-9-17(19)15-25(21)16-18-10-5-7-12-20(18)22/h4-7,9-12,21-22H,8,13-16H2,1-3H3/t21-/m0/s1. The maximum Gasteiger partial charge on any atom is 0.311 e. The fourth-order valence-electron chi connectivity index (χ4n) is 4.51. The Kier molecular flexibility index (Phi) is 4.81. The topological polar surface area (TPSA) is 29.5 Å². The van der Waals surface area contributed by atoms with Crippen LogP contribution in [-0.2, 0) is 22.6 Å². The zero-order valence-corrected chi connectivity index (χ0v) is 16.6. The van der Waals surface area contributed by atoms with Crippen molar-refractivity contribution in [3.05, 3.63) is 70.8 Å². The average Bonchev–Trinajstić information content (AvgIpc) is 2.64. The quantitative estimate of drug-likeness (QED) is 0.572. The van der Waals surface area contributed by atoms with Crippen LogP contribution in [0.25, 0.3) is 0 Å². The first kappa shape index (κ1) is 18.2. The fraction of sp³-hybridized carbons (Fsp3) is 0.458. The molecule has 0 N–H and O–H groups in total. The van der Waals surface area contributed by atoms with Gasteiger partial charge in [0.05, 0.1) is 12.0 Å². The van der Waals surface area contributed by atoms with Gasteiger partial charge in [-0.25, -0.2) is 0 Å². The third kappa shape index (κ3) is 3.53. The molecule has 2 bridgehead atoms. The lowest BCUT2D eigenvalue weighted by atomic mass is 9.73. The van der Waals surface area contributed by atoms with Crippen molar-refractivity contribution >= 4 is 5.97 Å². The minimum atomic E-state index is -0.428. The molecule has 4 rings (SSSR count). The maximum atomic E-state index is 12.0. The number of carbonyl (C=O) groups is 1. The van der Waals surface area contributed by atoms with Crippen LogP contribution >= 0.6 is 0 Å². The van der Waals surface area contributed by atoms with Gasteiger partial charge in [0.25, 0.3) is 0 Å². The van der Waals surface area contributed by atoms with Gasteiger partial charge in [0.2, 0.25) is 0 Å². The van der Waals surface area contributed by atoms with E-state index in [1.54, 1.807) is 0 Å². The van der Waals surface area contributed by atoms with E-state index in [1.807, 2.05) is 20.8 Å². The van der Waals surface area contributed by atoms with E-state index >= 15 is 0 Å². The Bertz CT molecular complexity index is 787. The second-order valence-electron chi connectivity index (χ2n) is 8.88. The van der Waals surface area contributed by atoms with E-state index in [0.29, 0.717) is 18.6 Å². The Hall–Kier alpha value is -2.13. The van der Waals surface area contributed by atoms with Crippen LogP contribution in [0, 0.1) is 5.41 Å². The number of hydrogen-bond donors (Lipinski definition) is 0. The number of ether oxygens (including phenoxy) is 1. The van der Waals surface area contributed by atoms with Crippen molar-refractivity contribution < 1.29 is 9.53 Å². The predicted molar refractivity (Wildman–Crippen MR) is 107 cm³/mol. The highest BCUT2D eigenvalue weighted by molar-refractivity contribution is 5.75. The summed E-state index contributed by atoms with van der Waals surface area (Å²) in [7, 11) is 0. The smallest absolute Gasteiger partial charge is 0.311 e. The Morgan fingerprint density at radius 2 is 1.56 bits per heavy atom. The molecule has 2 aromatic rings. The van der Waals surface area contributed by atoms with Crippen molar-refractivity contribution in [1.29, 1.82) is 0 Å². The summed E-state index contributed by atoms with van der Waals surface area (Å²) in [6.45, 7) is 8.23. The molecule has 0 saturated carbocycles. The molecule has 142 valence electrons. The van der Waals surface area contributed by atoms with Gasteiger partial charge in [-0.1, -0.05) is 48.5 Å². The summed E-state index contributed by atoms with van der Waals surface area (Å²) in [5, 5.41) is 0. The highest BCUT2D eigenvalue weighted by Gasteiger charge is 2.40. The van der Waals surface area contributed by atoms with Gasteiger partial charge in [-0.3, -0.25) is 9.69 Å². The van der Waals surface area contributed by atoms with Gasteiger partial charge in [-0.05, 0) is 55.9 Å². The van der Waals surface area contributed by atoms with E-state index in [2.05, 4.69) is 53.4 Å². The molecule has 2 aliphatic heterocycles. The van der Waals surface area contributed by atoms with Crippen molar-refractivity contribution in [2.24, 2.45) is 5.41 Å². The summed E-state index contributed by atoms with van der Waals surface area (Å²) in [4.78, 5) is 14.6. The van der Waals surface area contributed by atoms with Crippen LogP contribution in [0.15, 0.2) is 48.5 Å². The lowest BCUT2D eigenvalue weighted by Gasteiger charge is -2.47. The van der Waals surface area contributed by atoms with Crippen molar-refractivity contribution in [3.8, 4) is 0 Å². The summed E-state index contributed by atoms with van der Waals surface area (Å²) in [6.07, 6.45) is 1.95. The van der Waals surface area contributed by atoms with Crippen LogP contribution in [0.1, 0.15) is 61.8 Å². The van der Waals surface area contributed by atoms with E-state index in [0.717, 1.165) is 25.9 Å². The highest BCUT2D eigenvalue weighted by atomic mass is 16.5. The van der Waals surface area contributed by atoms with E-state index in [9.17, 15) is 4.79 Å². The van der Waals surface area contributed by atoms with Gasteiger partial charge >= 0.3 is 5.97 Å². The second-order valence-corrected chi connectivity index (χ2v) is 8.88. The Balaban J connectivity index is 1.53. The monoisotopic (exact) mass is 363 g/mol. The molecule has 2 heterocycles. The molecule has 2 aliphatic rings. The number of hydrogen-bond acceptors (Lipinski definition) is 3. The molecule has 3 heteroatoms. The van der Waals surface area contributed by atoms with Crippen LogP contribution in [-0.4, -0.2) is 23.5 Å². The third-order valence-electron chi connectivity index (χ3n) is 5.87. The molecule has 2 aromatic carbocycles. The van der Waals surface area contributed by atoms with Crippen LogP contribution in [0.3, 0.4) is 0 Å². The van der Waals surface area contributed by atoms with Gasteiger partial charge in [0.1, 0.15) is 0 Å². The van der Waals surface area contributed by atoms with Crippen LogP contribution in [0.5, 0.6) is 0 Å². The van der Waals surface area contributed by atoms with Crippen molar-refractivity contribution in [3.63, 3.8) is 0 Å². The molecule has 0 saturated heterocycles. The second kappa shape index (κ2) is 7.12. The first-order chi connectivity index (χ1) is 12.9. The van der Waals surface area contributed by atoms with E-state index in [4.69, 9.17) is 4.74 Å². The van der Waals surface area contributed by atoms with Crippen molar-refractivity contribution in [1.82, 2.24) is 4.90 Å². The Morgan fingerprint density at radius 3 is 2.11 bits per heavy atom. The van der Waals surface area contributed by atoms with Crippen LogP contribution in [0.2, 0.25) is 0 Å². The summed E-state index contributed by atoms with van der Waals surface area (Å²) in [5.41, 5.74) is 5.41. The average molecular weight is 364 g/mol. The molecule has 0 radical (unpaired) electrons. The zero-order chi connectivity index (χ0) is 19.0. The highest BCUT2D eigenvalue weighted by Crippen LogP contribution is 2.45. The number of nitrogens with zero attached hydrogens (tertiary/aromatic N) is 1. The molecule has 0 aliphatic carbocycles. The molecule has 0 aromatic heterocycles. The van der Waals surface area contributed by atoms with Crippen LogP contribution in [0.4, 0.5) is 0 Å². The first-order valence-electron chi connectivity index (χ1n) is 10.0. The van der Waals surface area contributed by atoms with Gasteiger partial charge < -0.3 is 4.74 Å². The normalized spacial score (nSPS) is 23.3. The number of fused-ring (bicyclic) bond motifs is 6. The van der Waals surface area contributed by atoms with Gasteiger partial charge in [0.15, 0.2) is 0 Å². The molecular formula is C24H29NO2. The molecule has 0 amide bonds. The molecule has 0 unspecified atom stereocenters. The van der Waals surface area contributed by atoms with Gasteiger partial charge in [-0.15, -0.1) is 0 Å². The van der Waals surface area contributed by atoms with E-state index in [1.165, 1.54) is 22.3 Å². The number of esters is 1. The third-order valence-corrected chi connectivity index (χ3v) is 5.87. The molecule has 1 atom stereocenters. The zero-order valence-electron chi connectivity index (χ0n) is 16.6. The number of rotatable bonds is 4. The molecule has 0 fully saturated rings. The Morgan fingerprint density at radius 1 is 1.00 bits per heavy atom. The largest absolute Gasteiger partial charge is 0.465 e. The molecule has 27 heavy (non-hydrogen) atoms. The molecule has 0 spiro atoms. The number of carbonyl (C=O) groups excluding carboxylic acids is 1. The summed E-state index contributed by atoms with van der Waals surface area (Å²) < 4.78 is 5.50. The molecule has 3 nitrogen and oxygen atoms in total. The molecular weight excluding hydrogens is 334 g/mol. The van der Waals surface area contributed by atoms with Crippen LogP contribution < -0.4 is 0 Å². The van der Waals surface area contributed by atoms with E-state index in [-0.39, 0.29) is 5.97 Å². The first-order valence-corrected chi connectivity index (χ1v) is 10.0. The number of benzene rings is 2. The van der Waals surface area contributed by atoms with E-state index < -0.39 is 5.41 Å². The lowest BCUT2D eigenvalue weighted by molar-refractivity contribution is -0.153. The minimum absolute atomic E-state index is 0.109. The summed E-state index contributed by atoms with van der Waals surface area (Å²) >= 11 is 0.